The van der Waals surface area contributed by atoms with Gasteiger partial charge < -0.3 is 9.64 Å². The largest absolute Gasteiger partial charge is 0.489 e. The van der Waals surface area contributed by atoms with Crippen LogP contribution in [-0.2, 0) is 18.3 Å². The number of carbonyl (C=O) groups is 1. The molecule has 2 aromatic heterocycles. The van der Waals surface area contributed by atoms with E-state index in [-0.39, 0.29) is 11.8 Å². The van der Waals surface area contributed by atoms with E-state index in [1.165, 1.54) is 0 Å². The van der Waals surface area contributed by atoms with Gasteiger partial charge in [0.15, 0.2) is 0 Å². The molecule has 0 bridgehead atoms. The summed E-state index contributed by atoms with van der Waals surface area (Å²) >= 11 is 0. The first-order valence-electron chi connectivity index (χ1n) is 7.86. The van der Waals surface area contributed by atoms with Gasteiger partial charge in [0.05, 0.1) is 18.4 Å². The molecule has 1 aliphatic heterocycles. The molecule has 0 radical (unpaired) electrons. The number of rotatable bonds is 3. The smallest absolute Gasteiger partial charge is 0.230 e. The molecule has 0 aliphatic carbocycles. The van der Waals surface area contributed by atoms with E-state index in [0.717, 1.165) is 28.4 Å². The van der Waals surface area contributed by atoms with Gasteiger partial charge >= 0.3 is 0 Å². The summed E-state index contributed by atoms with van der Waals surface area (Å²) in [4.78, 5) is 18.8. The highest BCUT2D eigenvalue weighted by atomic mass is 16.5. The van der Waals surface area contributed by atoms with Crippen molar-refractivity contribution < 1.29 is 9.53 Å². The van der Waals surface area contributed by atoms with Crippen LogP contribution in [0.15, 0.2) is 18.5 Å². The van der Waals surface area contributed by atoms with Gasteiger partial charge in [-0.15, -0.1) is 0 Å². The highest BCUT2D eigenvalue weighted by Gasteiger charge is 2.28. The topological polar surface area (TPSA) is 60.2 Å². The molecule has 0 saturated carbocycles. The number of ether oxygens (including phenoxy) is 1. The van der Waals surface area contributed by atoms with Crippen molar-refractivity contribution in [3.05, 3.63) is 35.4 Å². The van der Waals surface area contributed by atoms with Gasteiger partial charge in [0.1, 0.15) is 18.0 Å². The Hall–Kier alpha value is -2.37. The Morgan fingerprint density at radius 3 is 2.91 bits per heavy atom. The molecule has 6 nitrogen and oxygen atoms in total. The predicted molar refractivity (Wildman–Crippen MR) is 87.6 cm³/mol. The number of aryl methyl sites for hydroxylation is 2. The zero-order valence-electron chi connectivity index (χ0n) is 14.0. The van der Waals surface area contributed by atoms with Crippen LogP contribution in [0.25, 0.3) is 0 Å². The van der Waals surface area contributed by atoms with Crippen LogP contribution in [0.3, 0.4) is 0 Å². The summed E-state index contributed by atoms with van der Waals surface area (Å²) in [6, 6.07) is 1.80. The molecule has 0 unspecified atom stereocenters. The first-order chi connectivity index (χ1) is 11.0. The number of hydrogen-bond acceptors (Lipinski definition) is 4. The Balaban J connectivity index is 1.81. The minimum Gasteiger partial charge on any atom is -0.489 e. The standard InChI is InChI=1S/C17H22N4O2/c1-11(9-14-12(2)19-20(4)13(14)3)17(22)21-7-8-23-16-5-6-18-10-15(16)21/h5-6,10-11H,7-9H2,1-4H3/t11-/m0/s1. The molecule has 1 amide bonds. The average Bonchev–Trinajstić information content (AvgIpc) is 2.80. The first-order valence-corrected chi connectivity index (χ1v) is 7.86. The molecule has 6 heteroatoms. The molecule has 3 heterocycles. The number of pyridine rings is 1. The van der Waals surface area contributed by atoms with Gasteiger partial charge in [0.2, 0.25) is 5.91 Å². The number of carbonyl (C=O) groups excluding carboxylic acids is 1. The number of hydrogen-bond donors (Lipinski definition) is 0. The molecular formula is C17H22N4O2. The third-order valence-electron chi connectivity index (χ3n) is 4.48. The third kappa shape index (κ3) is 2.81. The SMILES string of the molecule is Cc1nn(C)c(C)c1C[C@H](C)C(=O)N1CCOc2ccncc21. The Kier molecular flexibility index (Phi) is 4.07. The Bertz CT molecular complexity index is 738. The maximum atomic E-state index is 12.9. The lowest BCUT2D eigenvalue weighted by Gasteiger charge is -2.31. The van der Waals surface area contributed by atoms with E-state index in [0.29, 0.717) is 19.6 Å². The summed E-state index contributed by atoms with van der Waals surface area (Å²) in [5, 5.41) is 4.43. The molecule has 2 aromatic rings. The van der Waals surface area contributed by atoms with Crippen molar-refractivity contribution in [3.8, 4) is 5.75 Å². The average molecular weight is 314 g/mol. The van der Waals surface area contributed by atoms with Crippen molar-refractivity contribution in [3.63, 3.8) is 0 Å². The summed E-state index contributed by atoms with van der Waals surface area (Å²) in [6.45, 7) is 7.08. The molecule has 0 saturated heterocycles. The lowest BCUT2D eigenvalue weighted by Crippen LogP contribution is -2.41. The zero-order chi connectivity index (χ0) is 16.6. The molecule has 3 rings (SSSR count). The summed E-state index contributed by atoms with van der Waals surface area (Å²) in [7, 11) is 1.93. The third-order valence-corrected chi connectivity index (χ3v) is 4.48. The van der Waals surface area contributed by atoms with E-state index < -0.39 is 0 Å². The highest BCUT2D eigenvalue weighted by molar-refractivity contribution is 5.96. The van der Waals surface area contributed by atoms with E-state index in [1.54, 1.807) is 23.4 Å². The van der Waals surface area contributed by atoms with Crippen molar-refractivity contribution in [2.45, 2.75) is 27.2 Å². The summed E-state index contributed by atoms with van der Waals surface area (Å²) in [6.07, 6.45) is 4.07. The highest BCUT2D eigenvalue weighted by Crippen LogP contribution is 2.31. The van der Waals surface area contributed by atoms with E-state index in [4.69, 9.17) is 4.74 Å². The molecule has 122 valence electrons. The molecule has 0 aromatic carbocycles. The second-order valence-corrected chi connectivity index (χ2v) is 6.06. The summed E-state index contributed by atoms with van der Waals surface area (Å²) in [5.74, 6) is 0.702. The molecule has 1 atom stereocenters. The lowest BCUT2D eigenvalue weighted by molar-refractivity contribution is -0.122. The second-order valence-electron chi connectivity index (χ2n) is 6.06. The van der Waals surface area contributed by atoms with Crippen molar-refractivity contribution in [2.24, 2.45) is 13.0 Å². The van der Waals surface area contributed by atoms with Crippen molar-refractivity contribution in [2.75, 3.05) is 18.1 Å². The van der Waals surface area contributed by atoms with Gasteiger partial charge in [-0.2, -0.15) is 5.10 Å². The first kappa shape index (κ1) is 15.5. The molecule has 0 fully saturated rings. The van der Waals surface area contributed by atoms with Crippen LogP contribution in [0, 0.1) is 19.8 Å². The number of fused-ring (bicyclic) bond motifs is 1. The Morgan fingerprint density at radius 2 is 2.22 bits per heavy atom. The Labute approximate surface area is 136 Å². The van der Waals surface area contributed by atoms with Crippen LogP contribution >= 0.6 is 0 Å². The van der Waals surface area contributed by atoms with Gasteiger partial charge in [0, 0.05) is 30.9 Å². The van der Waals surface area contributed by atoms with Crippen LogP contribution in [0.2, 0.25) is 0 Å². The van der Waals surface area contributed by atoms with Crippen LogP contribution in [0.4, 0.5) is 5.69 Å². The predicted octanol–water partition coefficient (Wildman–Crippen LogP) is 2.04. The Morgan fingerprint density at radius 1 is 1.43 bits per heavy atom. The molecule has 0 N–H and O–H groups in total. The molecule has 1 aliphatic rings. The fraction of sp³-hybridized carbons (Fsp3) is 0.471. The fourth-order valence-electron chi connectivity index (χ4n) is 3.07. The van der Waals surface area contributed by atoms with E-state index in [9.17, 15) is 4.79 Å². The van der Waals surface area contributed by atoms with Crippen LogP contribution in [0.1, 0.15) is 23.9 Å². The maximum Gasteiger partial charge on any atom is 0.230 e. The van der Waals surface area contributed by atoms with Crippen molar-refractivity contribution in [1.82, 2.24) is 14.8 Å². The summed E-state index contributed by atoms with van der Waals surface area (Å²) < 4.78 is 7.47. The maximum absolute atomic E-state index is 12.9. The quantitative estimate of drug-likeness (QED) is 0.870. The number of aromatic nitrogens is 3. The van der Waals surface area contributed by atoms with E-state index in [2.05, 4.69) is 10.1 Å². The van der Waals surface area contributed by atoms with Gasteiger partial charge in [-0.3, -0.25) is 14.5 Å². The molecular weight excluding hydrogens is 292 g/mol. The number of anilines is 1. The zero-order valence-corrected chi connectivity index (χ0v) is 14.0. The van der Waals surface area contributed by atoms with Crippen LogP contribution in [0.5, 0.6) is 5.75 Å². The normalized spacial score (nSPS) is 15.0. The minimum absolute atomic E-state index is 0.102. The van der Waals surface area contributed by atoms with Crippen LogP contribution in [-0.4, -0.2) is 33.8 Å². The van der Waals surface area contributed by atoms with Crippen LogP contribution < -0.4 is 9.64 Å². The minimum atomic E-state index is -0.122. The van der Waals surface area contributed by atoms with Crippen molar-refractivity contribution >= 4 is 11.6 Å². The van der Waals surface area contributed by atoms with Gasteiger partial charge in [-0.25, -0.2) is 0 Å². The second kappa shape index (κ2) is 6.02. The monoisotopic (exact) mass is 314 g/mol. The van der Waals surface area contributed by atoms with Gasteiger partial charge in [-0.1, -0.05) is 6.92 Å². The fourth-order valence-corrected chi connectivity index (χ4v) is 3.07. The number of amides is 1. The van der Waals surface area contributed by atoms with E-state index >= 15 is 0 Å². The molecule has 23 heavy (non-hydrogen) atoms. The van der Waals surface area contributed by atoms with Gasteiger partial charge in [-0.05, 0) is 25.8 Å². The molecule has 0 spiro atoms. The summed E-state index contributed by atoms with van der Waals surface area (Å²) in [5.41, 5.74) is 4.03. The van der Waals surface area contributed by atoms with E-state index in [1.807, 2.05) is 32.5 Å². The van der Waals surface area contributed by atoms with Crippen molar-refractivity contribution in [1.29, 1.82) is 0 Å². The lowest BCUT2D eigenvalue weighted by atomic mass is 9.98. The van der Waals surface area contributed by atoms with Gasteiger partial charge in [0.25, 0.3) is 0 Å². The number of nitrogens with zero attached hydrogens (tertiary/aromatic N) is 4.